The second kappa shape index (κ2) is 7.87. The van der Waals surface area contributed by atoms with Crippen LogP contribution in [0.2, 0.25) is 0 Å². The lowest BCUT2D eigenvalue weighted by molar-refractivity contribution is -0.149. The molecule has 2 atom stereocenters. The van der Waals surface area contributed by atoms with Gasteiger partial charge < -0.3 is 9.47 Å². The molecule has 0 N–H and O–H groups in total. The summed E-state index contributed by atoms with van der Waals surface area (Å²) >= 11 is 0. The molecule has 0 radical (unpaired) electrons. The largest absolute Gasteiger partial charge is 0.462 e. The zero-order chi connectivity index (χ0) is 12.5. The molecular weight excluding hydrogens is 220 g/mol. The highest BCUT2D eigenvalue weighted by atomic mass is 16.5. The lowest BCUT2D eigenvalue weighted by Crippen LogP contribution is -2.19. The van der Waals surface area contributed by atoms with E-state index in [2.05, 4.69) is 6.92 Å². The van der Waals surface area contributed by atoms with E-state index in [0.29, 0.717) is 32.2 Å². The number of hydrogen-bond donors (Lipinski definition) is 0. The number of esters is 1. The highest BCUT2D eigenvalue weighted by molar-refractivity contribution is 5.69. The predicted octanol–water partition coefficient (Wildman–Crippen LogP) is 2.37. The Kier molecular flexibility index (Phi) is 6.37. The third-order valence-electron chi connectivity index (χ3n) is 2.76. The fourth-order valence-electron chi connectivity index (χ4n) is 1.90. The van der Waals surface area contributed by atoms with E-state index in [1.807, 2.05) is 12.2 Å². The van der Waals surface area contributed by atoms with E-state index in [-0.39, 0.29) is 18.2 Å². The first-order valence-corrected chi connectivity index (χ1v) is 6.21. The van der Waals surface area contributed by atoms with E-state index in [9.17, 15) is 9.59 Å². The number of hydrogen-bond acceptors (Lipinski definition) is 4. The van der Waals surface area contributed by atoms with Crippen LogP contribution < -0.4 is 0 Å². The molecule has 0 aliphatic carbocycles. The monoisotopic (exact) mass is 240 g/mol. The summed E-state index contributed by atoms with van der Waals surface area (Å²) in [5, 5.41) is 0. The Bertz CT molecular complexity index is 273. The second-order valence-corrected chi connectivity index (χ2v) is 4.23. The maximum absolute atomic E-state index is 11.5. The molecular formula is C13H20O4. The fourth-order valence-corrected chi connectivity index (χ4v) is 1.90. The molecule has 0 aromatic heterocycles. The fraction of sp³-hybridized carbons (Fsp3) is 0.692. The molecule has 1 rings (SSSR count). The van der Waals surface area contributed by atoms with Crippen molar-refractivity contribution in [3.8, 4) is 0 Å². The van der Waals surface area contributed by atoms with Crippen molar-refractivity contribution in [1.82, 2.24) is 0 Å². The van der Waals surface area contributed by atoms with E-state index in [1.54, 1.807) is 0 Å². The number of cyclic esters (lactones) is 1. The molecule has 0 amide bonds. The zero-order valence-electron chi connectivity index (χ0n) is 10.3. The summed E-state index contributed by atoms with van der Waals surface area (Å²) in [5.41, 5.74) is 0. The third kappa shape index (κ3) is 5.52. The van der Waals surface area contributed by atoms with Gasteiger partial charge in [-0.15, -0.1) is 0 Å². The minimum atomic E-state index is -0.208. The molecule has 1 heterocycles. The van der Waals surface area contributed by atoms with Crippen molar-refractivity contribution in [2.75, 3.05) is 0 Å². The quantitative estimate of drug-likeness (QED) is 0.430. The lowest BCUT2D eigenvalue weighted by Gasteiger charge is -2.18. The predicted molar refractivity (Wildman–Crippen MR) is 63.3 cm³/mol. The Balaban J connectivity index is 2.58. The van der Waals surface area contributed by atoms with Gasteiger partial charge in [-0.3, -0.25) is 9.59 Å². The van der Waals surface area contributed by atoms with E-state index in [0.717, 1.165) is 12.8 Å². The Morgan fingerprint density at radius 3 is 3.12 bits per heavy atom. The van der Waals surface area contributed by atoms with Crippen LogP contribution in [0.1, 0.15) is 45.4 Å². The zero-order valence-corrected chi connectivity index (χ0v) is 10.3. The van der Waals surface area contributed by atoms with Gasteiger partial charge in [0, 0.05) is 12.8 Å². The maximum Gasteiger partial charge on any atom is 0.306 e. The molecule has 4 heteroatoms. The number of rotatable bonds is 4. The highest BCUT2D eigenvalue weighted by Gasteiger charge is 2.15. The van der Waals surface area contributed by atoms with Crippen LogP contribution in [0, 0.1) is 0 Å². The van der Waals surface area contributed by atoms with Crippen LogP contribution in [0.5, 0.6) is 0 Å². The van der Waals surface area contributed by atoms with E-state index >= 15 is 0 Å². The Labute approximate surface area is 102 Å². The molecule has 1 aliphatic rings. The van der Waals surface area contributed by atoms with Crippen LogP contribution in [-0.4, -0.2) is 24.6 Å². The molecule has 1 unspecified atom stereocenters. The Morgan fingerprint density at radius 1 is 1.59 bits per heavy atom. The van der Waals surface area contributed by atoms with Crippen molar-refractivity contribution in [2.24, 2.45) is 0 Å². The van der Waals surface area contributed by atoms with Gasteiger partial charge in [0.2, 0.25) is 0 Å². The Morgan fingerprint density at radius 2 is 2.41 bits per heavy atom. The molecule has 0 aromatic rings. The maximum atomic E-state index is 11.5. The summed E-state index contributed by atoms with van der Waals surface area (Å²) in [6.45, 7) is 2.53. The van der Waals surface area contributed by atoms with Crippen LogP contribution in [0.25, 0.3) is 0 Å². The first-order chi connectivity index (χ1) is 8.26. The summed E-state index contributed by atoms with van der Waals surface area (Å²) in [6, 6.07) is 0. The van der Waals surface area contributed by atoms with E-state index in [4.69, 9.17) is 9.47 Å². The molecule has 96 valence electrons. The lowest BCUT2D eigenvalue weighted by atomic mass is 10.1. The second-order valence-electron chi connectivity index (χ2n) is 4.23. The molecule has 1 aliphatic heterocycles. The van der Waals surface area contributed by atoms with Gasteiger partial charge in [-0.2, -0.15) is 0 Å². The van der Waals surface area contributed by atoms with Crippen molar-refractivity contribution in [2.45, 2.75) is 57.7 Å². The molecule has 0 bridgehead atoms. The standard InChI is InChI=1S/C13H20O4/c1-2-5-12-8-3-6-11(16-10-14)7-4-9-13(15)17-12/h3,6,10-12H,2,4-5,7-9H2,1H3/b6-3+/t11-,12?/m1/s1. The average molecular weight is 240 g/mol. The van der Waals surface area contributed by atoms with Crippen LogP contribution >= 0.6 is 0 Å². The van der Waals surface area contributed by atoms with Gasteiger partial charge in [0.1, 0.15) is 12.2 Å². The van der Waals surface area contributed by atoms with E-state index in [1.165, 1.54) is 0 Å². The van der Waals surface area contributed by atoms with Gasteiger partial charge in [-0.05, 0) is 25.3 Å². The van der Waals surface area contributed by atoms with Crippen LogP contribution in [0.4, 0.5) is 0 Å². The van der Waals surface area contributed by atoms with Crippen LogP contribution in [-0.2, 0) is 19.1 Å². The third-order valence-corrected chi connectivity index (χ3v) is 2.76. The summed E-state index contributed by atoms with van der Waals surface area (Å²) in [7, 11) is 0. The van der Waals surface area contributed by atoms with Gasteiger partial charge in [-0.25, -0.2) is 0 Å². The van der Waals surface area contributed by atoms with Crippen LogP contribution in [0.3, 0.4) is 0 Å². The molecule has 0 aromatic carbocycles. The minimum absolute atomic E-state index is 0.0428. The van der Waals surface area contributed by atoms with Gasteiger partial charge in [-0.1, -0.05) is 19.4 Å². The smallest absolute Gasteiger partial charge is 0.306 e. The van der Waals surface area contributed by atoms with Gasteiger partial charge in [0.05, 0.1) is 0 Å². The summed E-state index contributed by atoms with van der Waals surface area (Å²) < 4.78 is 10.3. The van der Waals surface area contributed by atoms with Crippen molar-refractivity contribution in [3.05, 3.63) is 12.2 Å². The van der Waals surface area contributed by atoms with Gasteiger partial charge in [0.15, 0.2) is 0 Å². The topological polar surface area (TPSA) is 52.6 Å². The summed E-state index contributed by atoms with van der Waals surface area (Å²) in [4.78, 5) is 21.8. The highest BCUT2D eigenvalue weighted by Crippen LogP contribution is 2.15. The number of carbonyl (C=O) groups excluding carboxylic acids is 2. The van der Waals surface area contributed by atoms with Crippen molar-refractivity contribution >= 4 is 12.4 Å². The first kappa shape index (κ1) is 13.7. The van der Waals surface area contributed by atoms with Crippen LogP contribution in [0.15, 0.2) is 12.2 Å². The number of ether oxygens (including phenoxy) is 2. The van der Waals surface area contributed by atoms with Gasteiger partial charge in [0.25, 0.3) is 6.47 Å². The van der Waals surface area contributed by atoms with Crippen molar-refractivity contribution in [3.63, 3.8) is 0 Å². The minimum Gasteiger partial charge on any atom is -0.462 e. The SMILES string of the molecule is CCCC1C/C=C/[C@@H](OC=O)CCCC(=O)O1. The summed E-state index contributed by atoms with van der Waals surface area (Å²) in [6.07, 6.45) is 7.87. The van der Waals surface area contributed by atoms with Crippen molar-refractivity contribution < 1.29 is 19.1 Å². The normalized spacial score (nSPS) is 27.9. The molecule has 17 heavy (non-hydrogen) atoms. The summed E-state index contributed by atoms with van der Waals surface area (Å²) in [5.74, 6) is -0.149. The first-order valence-electron chi connectivity index (χ1n) is 6.21. The molecule has 0 spiro atoms. The molecule has 4 nitrogen and oxygen atoms in total. The van der Waals surface area contributed by atoms with E-state index < -0.39 is 0 Å². The molecule has 0 fully saturated rings. The number of carbonyl (C=O) groups is 2. The Hall–Kier alpha value is -1.32. The van der Waals surface area contributed by atoms with Gasteiger partial charge >= 0.3 is 5.97 Å². The van der Waals surface area contributed by atoms with Crippen molar-refractivity contribution in [1.29, 1.82) is 0 Å². The molecule has 0 saturated heterocycles. The average Bonchev–Trinajstić information content (AvgIpc) is 2.29. The molecule has 0 saturated carbocycles.